The molecule has 0 aliphatic carbocycles. The maximum atomic E-state index is 11.7. The fourth-order valence-corrected chi connectivity index (χ4v) is 3.32. The first-order valence-electron chi connectivity index (χ1n) is 6.71. The van der Waals surface area contributed by atoms with E-state index in [1.807, 2.05) is 24.8 Å². The number of amides is 2. The summed E-state index contributed by atoms with van der Waals surface area (Å²) in [7, 11) is 0. The molecule has 106 valence electrons. The van der Waals surface area contributed by atoms with E-state index >= 15 is 0 Å². The third-order valence-electron chi connectivity index (χ3n) is 3.32. The van der Waals surface area contributed by atoms with Gasteiger partial charge in [-0.25, -0.2) is 4.79 Å². The molecule has 1 fully saturated rings. The second-order valence-corrected chi connectivity index (χ2v) is 6.76. The van der Waals surface area contributed by atoms with Crippen molar-refractivity contribution in [2.75, 3.05) is 12.3 Å². The molecule has 0 bridgehead atoms. The Balaban J connectivity index is 1.69. The predicted molar refractivity (Wildman–Crippen MR) is 76.2 cm³/mol. The Morgan fingerprint density at radius 1 is 1.58 bits per heavy atom. The Bertz CT molecular complexity index is 427. The van der Waals surface area contributed by atoms with Crippen molar-refractivity contribution in [3.63, 3.8) is 0 Å². The number of hydrogen-bond acceptors (Lipinski definition) is 4. The summed E-state index contributed by atoms with van der Waals surface area (Å²) in [5.41, 5.74) is 0.909. The Morgan fingerprint density at radius 3 is 3.05 bits per heavy atom. The molecule has 1 aliphatic rings. The van der Waals surface area contributed by atoms with E-state index in [9.17, 15) is 4.79 Å². The number of aryl methyl sites for hydroxylation is 1. The molecule has 0 spiro atoms. The van der Waals surface area contributed by atoms with Gasteiger partial charge < -0.3 is 15.2 Å². The van der Waals surface area contributed by atoms with Gasteiger partial charge in [0.15, 0.2) is 5.76 Å². The van der Waals surface area contributed by atoms with E-state index in [0.717, 1.165) is 12.1 Å². The smallest absolute Gasteiger partial charge is 0.315 e. The summed E-state index contributed by atoms with van der Waals surface area (Å²) >= 11 is 1.94. The molecule has 1 aromatic heterocycles. The average molecular weight is 283 g/mol. The van der Waals surface area contributed by atoms with Gasteiger partial charge in [-0.3, -0.25) is 0 Å². The van der Waals surface area contributed by atoms with Crippen molar-refractivity contribution in [3.8, 4) is 0 Å². The number of thioether (sulfide) groups is 1. The molecule has 0 aromatic carbocycles. The Hall–Kier alpha value is -1.17. The van der Waals surface area contributed by atoms with Crippen LogP contribution in [0.15, 0.2) is 10.6 Å². The Morgan fingerprint density at radius 2 is 2.42 bits per heavy atom. The number of urea groups is 1. The van der Waals surface area contributed by atoms with Gasteiger partial charge in [-0.1, -0.05) is 12.1 Å². The van der Waals surface area contributed by atoms with Crippen molar-refractivity contribution in [1.29, 1.82) is 0 Å². The molecule has 5 nitrogen and oxygen atoms in total. The van der Waals surface area contributed by atoms with Crippen LogP contribution < -0.4 is 10.6 Å². The molecule has 2 N–H and O–H groups in total. The molecule has 2 heterocycles. The molecule has 2 amide bonds. The molecule has 1 aromatic rings. The maximum absolute atomic E-state index is 11.7. The zero-order chi connectivity index (χ0) is 13.7. The fourth-order valence-electron chi connectivity index (χ4n) is 2.08. The third kappa shape index (κ3) is 4.16. The largest absolute Gasteiger partial charge is 0.359 e. The normalized spacial score (nSPS) is 22.4. The number of rotatable bonds is 5. The average Bonchev–Trinajstić information content (AvgIpc) is 3.03. The SMILES string of the molecule is CCc1cc(CNC(=O)NC[C@@]2(C)CCCS2)on1. The third-order valence-corrected chi connectivity index (χ3v) is 4.85. The quantitative estimate of drug-likeness (QED) is 0.870. The van der Waals surface area contributed by atoms with Crippen LogP contribution in [0.25, 0.3) is 0 Å². The molecule has 0 saturated carbocycles. The van der Waals surface area contributed by atoms with Gasteiger partial charge in [-0.05, 0) is 31.9 Å². The highest BCUT2D eigenvalue weighted by atomic mass is 32.2. The van der Waals surface area contributed by atoms with Gasteiger partial charge in [0.1, 0.15) is 0 Å². The molecule has 0 unspecified atom stereocenters. The van der Waals surface area contributed by atoms with E-state index in [2.05, 4.69) is 22.7 Å². The monoisotopic (exact) mass is 283 g/mol. The lowest BCUT2D eigenvalue weighted by molar-refractivity contribution is 0.237. The topological polar surface area (TPSA) is 67.2 Å². The first kappa shape index (κ1) is 14.2. The number of aromatic nitrogens is 1. The number of carbonyl (C=O) groups is 1. The minimum absolute atomic E-state index is 0.150. The summed E-state index contributed by atoms with van der Waals surface area (Å²) in [6, 6.07) is 1.72. The highest BCUT2D eigenvalue weighted by Crippen LogP contribution is 2.36. The van der Waals surface area contributed by atoms with E-state index in [1.54, 1.807) is 0 Å². The molecular weight excluding hydrogens is 262 g/mol. The second kappa shape index (κ2) is 6.32. The lowest BCUT2D eigenvalue weighted by Gasteiger charge is -2.22. The predicted octanol–water partition coefficient (Wildman–Crippen LogP) is 2.32. The summed E-state index contributed by atoms with van der Waals surface area (Å²) in [5.74, 6) is 1.88. The molecule has 19 heavy (non-hydrogen) atoms. The van der Waals surface area contributed by atoms with Crippen LogP contribution >= 0.6 is 11.8 Å². The van der Waals surface area contributed by atoms with E-state index in [4.69, 9.17) is 4.52 Å². The molecule has 1 atom stereocenters. The van der Waals surface area contributed by atoms with Crippen LogP contribution in [0.3, 0.4) is 0 Å². The number of nitrogens with one attached hydrogen (secondary N) is 2. The molecule has 6 heteroatoms. The van der Waals surface area contributed by atoms with Gasteiger partial charge in [0.2, 0.25) is 0 Å². The van der Waals surface area contributed by atoms with Crippen LogP contribution in [0.2, 0.25) is 0 Å². The zero-order valence-electron chi connectivity index (χ0n) is 11.5. The van der Waals surface area contributed by atoms with Crippen molar-refractivity contribution < 1.29 is 9.32 Å². The van der Waals surface area contributed by atoms with Crippen molar-refractivity contribution in [1.82, 2.24) is 15.8 Å². The van der Waals surface area contributed by atoms with Crippen LogP contribution in [-0.2, 0) is 13.0 Å². The van der Waals surface area contributed by atoms with E-state index < -0.39 is 0 Å². The van der Waals surface area contributed by atoms with Crippen LogP contribution in [0.1, 0.15) is 38.1 Å². The van der Waals surface area contributed by atoms with Crippen molar-refractivity contribution in [2.45, 2.75) is 44.4 Å². The first-order chi connectivity index (χ1) is 9.11. The molecular formula is C13H21N3O2S. The zero-order valence-corrected chi connectivity index (χ0v) is 12.3. The first-order valence-corrected chi connectivity index (χ1v) is 7.70. The number of carbonyl (C=O) groups excluding carboxylic acids is 1. The van der Waals surface area contributed by atoms with E-state index in [-0.39, 0.29) is 10.8 Å². The van der Waals surface area contributed by atoms with Crippen molar-refractivity contribution in [2.24, 2.45) is 0 Å². The van der Waals surface area contributed by atoms with Gasteiger partial charge in [0.25, 0.3) is 0 Å². The summed E-state index contributed by atoms with van der Waals surface area (Å²) in [6.07, 6.45) is 3.24. The lowest BCUT2D eigenvalue weighted by Crippen LogP contribution is -2.42. The number of hydrogen-bond donors (Lipinski definition) is 2. The standard InChI is InChI=1S/C13H21N3O2S/c1-3-10-7-11(18-16-10)8-14-12(17)15-9-13(2)5-4-6-19-13/h7H,3-6,8-9H2,1-2H3,(H2,14,15,17)/t13-/m1/s1. The fraction of sp³-hybridized carbons (Fsp3) is 0.692. The van der Waals surface area contributed by atoms with Crippen LogP contribution in [-0.4, -0.2) is 28.2 Å². The van der Waals surface area contributed by atoms with Gasteiger partial charge in [0.05, 0.1) is 12.2 Å². The molecule has 0 radical (unpaired) electrons. The van der Waals surface area contributed by atoms with Gasteiger partial charge in [-0.15, -0.1) is 0 Å². The molecule has 2 rings (SSSR count). The highest BCUT2D eigenvalue weighted by molar-refractivity contribution is 8.00. The minimum Gasteiger partial charge on any atom is -0.359 e. The van der Waals surface area contributed by atoms with Crippen LogP contribution in [0.5, 0.6) is 0 Å². The Labute approximate surface area is 117 Å². The van der Waals surface area contributed by atoms with E-state index in [0.29, 0.717) is 18.8 Å². The van der Waals surface area contributed by atoms with Gasteiger partial charge in [-0.2, -0.15) is 11.8 Å². The lowest BCUT2D eigenvalue weighted by atomic mass is 10.1. The van der Waals surface area contributed by atoms with Crippen LogP contribution in [0.4, 0.5) is 4.79 Å². The van der Waals surface area contributed by atoms with Crippen LogP contribution in [0, 0.1) is 0 Å². The van der Waals surface area contributed by atoms with Crippen molar-refractivity contribution >= 4 is 17.8 Å². The van der Waals surface area contributed by atoms with Gasteiger partial charge in [0, 0.05) is 17.4 Å². The second-order valence-electron chi connectivity index (χ2n) is 5.08. The minimum atomic E-state index is -0.150. The molecule has 1 aliphatic heterocycles. The summed E-state index contributed by atoms with van der Waals surface area (Å²) in [5, 5.41) is 9.59. The summed E-state index contributed by atoms with van der Waals surface area (Å²) < 4.78 is 5.30. The summed E-state index contributed by atoms with van der Waals surface area (Å²) in [4.78, 5) is 11.7. The maximum Gasteiger partial charge on any atom is 0.315 e. The summed E-state index contributed by atoms with van der Waals surface area (Å²) in [6.45, 7) is 5.31. The van der Waals surface area contributed by atoms with Gasteiger partial charge >= 0.3 is 6.03 Å². The number of nitrogens with zero attached hydrogens (tertiary/aromatic N) is 1. The molecule has 1 saturated heterocycles. The Kier molecular flexibility index (Phi) is 4.74. The van der Waals surface area contributed by atoms with Crippen molar-refractivity contribution in [3.05, 3.63) is 17.5 Å². The highest BCUT2D eigenvalue weighted by Gasteiger charge is 2.29. The van der Waals surface area contributed by atoms with E-state index in [1.165, 1.54) is 18.6 Å².